The van der Waals surface area contributed by atoms with Gasteiger partial charge in [-0.1, -0.05) is 30.3 Å². The topological polar surface area (TPSA) is 85.6 Å². The summed E-state index contributed by atoms with van der Waals surface area (Å²) in [4.78, 5) is 25.8. The minimum absolute atomic E-state index is 0.362. The molecule has 0 saturated carbocycles. The third kappa shape index (κ3) is 4.35. The molecule has 8 heteroatoms. The first-order chi connectivity index (χ1) is 16.2. The molecule has 0 radical (unpaired) electrons. The third-order valence-corrected chi connectivity index (χ3v) is 4.91. The second-order valence-corrected chi connectivity index (χ2v) is 7.17. The Kier molecular flexibility index (Phi) is 5.38. The normalized spacial score (nSPS) is 10.7. The first kappa shape index (κ1) is 20.2. The zero-order valence-electron chi connectivity index (χ0n) is 17.3. The third-order valence-electron chi connectivity index (χ3n) is 4.91. The maximum atomic E-state index is 13.5. The van der Waals surface area contributed by atoms with E-state index in [4.69, 9.17) is 0 Å². The Morgan fingerprint density at radius 1 is 0.879 bits per heavy atom. The van der Waals surface area contributed by atoms with Crippen molar-refractivity contribution in [1.82, 2.24) is 24.7 Å². The molecule has 0 bridgehead atoms. The van der Waals surface area contributed by atoms with Gasteiger partial charge in [-0.25, -0.2) is 19.0 Å². The van der Waals surface area contributed by atoms with Crippen LogP contribution in [0.5, 0.6) is 0 Å². The van der Waals surface area contributed by atoms with E-state index in [1.54, 1.807) is 41.5 Å². The number of amides is 1. The van der Waals surface area contributed by atoms with Crippen molar-refractivity contribution in [1.29, 1.82) is 0 Å². The van der Waals surface area contributed by atoms with Crippen molar-refractivity contribution < 1.29 is 9.18 Å². The summed E-state index contributed by atoms with van der Waals surface area (Å²) in [5.74, 6) is -0.370. The van der Waals surface area contributed by atoms with Crippen LogP contribution in [0.1, 0.15) is 10.4 Å². The SMILES string of the molecule is O=C(Nc1cnc(-c2cccc(F)c2)nc1)c1cn(-c2ccccc2)nc1-c1cccnc1. The van der Waals surface area contributed by atoms with Gasteiger partial charge in [0.1, 0.15) is 11.5 Å². The van der Waals surface area contributed by atoms with E-state index in [-0.39, 0.29) is 11.7 Å². The summed E-state index contributed by atoms with van der Waals surface area (Å²) in [6.45, 7) is 0. The van der Waals surface area contributed by atoms with Crippen molar-refractivity contribution in [3.05, 3.63) is 109 Å². The van der Waals surface area contributed by atoms with E-state index in [0.717, 1.165) is 11.3 Å². The van der Waals surface area contributed by atoms with Crippen LogP contribution in [0.25, 0.3) is 28.3 Å². The number of halogens is 1. The summed E-state index contributed by atoms with van der Waals surface area (Å²) in [6.07, 6.45) is 7.96. The molecule has 0 aliphatic carbocycles. The molecule has 1 amide bonds. The number of rotatable bonds is 5. The molecular formula is C25H17FN6O. The van der Waals surface area contributed by atoms with Gasteiger partial charge in [0.15, 0.2) is 5.82 Å². The standard InChI is InChI=1S/C25H17FN6O/c26-19-8-4-6-17(12-19)24-28-14-20(15-29-24)30-25(33)22-16-32(21-9-2-1-3-10-21)31-23(22)18-7-5-11-27-13-18/h1-16H,(H,30,33). The van der Waals surface area contributed by atoms with Crippen molar-refractivity contribution in [2.75, 3.05) is 5.32 Å². The highest BCUT2D eigenvalue weighted by molar-refractivity contribution is 6.08. The van der Waals surface area contributed by atoms with Gasteiger partial charge in [-0.15, -0.1) is 0 Å². The van der Waals surface area contributed by atoms with Crippen LogP contribution >= 0.6 is 0 Å². The van der Waals surface area contributed by atoms with Gasteiger partial charge in [0.05, 0.1) is 29.3 Å². The van der Waals surface area contributed by atoms with E-state index < -0.39 is 0 Å². The van der Waals surface area contributed by atoms with Gasteiger partial charge in [0.2, 0.25) is 0 Å². The fourth-order valence-corrected chi connectivity index (χ4v) is 3.34. The van der Waals surface area contributed by atoms with Crippen LogP contribution < -0.4 is 5.32 Å². The largest absolute Gasteiger partial charge is 0.319 e. The number of hydrogen-bond donors (Lipinski definition) is 1. The number of carbonyl (C=O) groups excluding carboxylic acids is 1. The van der Waals surface area contributed by atoms with Crippen LogP contribution in [0, 0.1) is 5.82 Å². The molecule has 7 nitrogen and oxygen atoms in total. The predicted molar refractivity (Wildman–Crippen MR) is 122 cm³/mol. The van der Waals surface area contributed by atoms with Gasteiger partial charge in [0.25, 0.3) is 5.91 Å². The number of aromatic nitrogens is 5. The molecule has 33 heavy (non-hydrogen) atoms. The van der Waals surface area contributed by atoms with Gasteiger partial charge < -0.3 is 5.32 Å². The van der Waals surface area contributed by atoms with E-state index in [2.05, 4.69) is 25.4 Å². The fourth-order valence-electron chi connectivity index (χ4n) is 3.34. The number of carbonyl (C=O) groups is 1. The summed E-state index contributed by atoms with van der Waals surface area (Å²) >= 11 is 0. The molecule has 5 rings (SSSR count). The molecule has 0 unspecified atom stereocenters. The number of pyridine rings is 1. The molecule has 160 valence electrons. The fraction of sp³-hybridized carbons (Fsp3) is 0. The van der Waals surface area contributed by atoms with E-state index in [1.807, 2.05) is 36.4 Å². The number of benzene rings is 2. The Hall–Kier alpha value is -4.72. The lowest BCUT2D eigenvalue weighted by Gasteiger charge is -2.06. The molecular weight excluding hydrogens is 419 g/mol. The molecule has 0 aliphatic heterocycles. The van der Waals surface area contributed by atoms with Gasteiger partial charge in [-0.05, 0) is 36.4 Å². The minimum Gasteiger partial charge on any atom is -0.319 e. The van der Waals surface area contributed by atoms with Crippen LogP contribution in [-0.2, 0) is 0 Å². The van der Waals surface area contributed by atoms with Crippen molar-refractivity contribution >= 4 is 11.6 Å². The molecule has 5 aromatic rings. The lowest BCUT2D eigenvalue weighted by Crippen LogP contribution is -2.13. The molecule has 0 atom stereocenters. The van der Waals surface area contributed by atoms with Crippen LogP contribution in [0.3, 0.4) is 0 Å². The molecule has 0 spiro atoms. The highest BCUT2D eigenvalue weighted by Gasteiger charge is 2.19. The number of hydrogen-bond acceptors (Lipinski definition) is 5. The van der Waals surface area contributed by atoms with E-state index >= 15 is 0 Å². The average Bonchev–Trinajstić information content (AvgIpc) is 3.32. The van der Waals surface area contributed by atoms with Crippen LogP contribution in [0.2, 0.25) is 0 Å². The van der Waals surface area contributed by atoms with E-state index in [0.29, 0.717) is 28.3 Å². The molecule has 0 fully saturated rings. The Balaban J connectivity index is 1.45. The molecule has 2 aromatic carbocycles. The molecule has 1 N–H and O–H groups in total. The quantitative estimate of drug-likeness (QED) is 0.428. The van der Waals surface area contributed by atoms with Gasteiger partial charge in [-0.2, -0.15) is 5.10 Å². The first-order valence-corrected chi connectivity index (χ1v) is 10.1. The lowest BCUT2D eigenvalue weighted by molar-refractivity contribution is 0.102. The second kappa shape index (κ2) is 8.80. The maximum absolute atomic E-state index is 13.5. The average molecular weight is 436 g/mol. The molecule has 0 saturated heterocycles. The van der Waals surface area contributed by atoms with E-state index in [1.165, 1.54) is 24.5 Å². The number of nitrogens with one attached hydrogen (secondary N) is 1. The van der Waals surface area contributed by atoms with Gasteiger partial charge in [0, 0.05) is 29.7 Å². The highest BCUT2D eigenvalue weighted by atomic mass is 19.1. The summed E-state index contributed by atoms with van der Waals surface area (Å²) in [5, 5.41) is 7.44. The number of anilines is 1. The zero-order chi connectivity index (χ0) is 22.6. The predicted octanol–water partition coefficient (Wildman–Crippen LogP) is 4.78. The smallest absolute Gasteiger partial charge is 0.259 e. The highest BCUT2D eigenvalue weighted by Crippen LogP contribution is 2.24. The summed E-state index contributed by atoms with van der Waals surface area (Å²) in [5.41, 5.74) is 3.38. The minimum atomic E-state index is -0.369. The molecule has 3 aromatic heterocycles. The van der Waals surface area contributed by atoms with Crippen LogP contribution in [0.15, 0.2) is 97.7 Å². The summed E-state index contributed by atoms with van der Waals surface area (Å²) < 4.78 is 15.1. The first-order valence-electron chi connectivity index (χ1n) is 10.1. The Bertz CT molecular complexity index is 1400. The van der Waals surface area contributed by atoms with Crippen molar-refractivity contribution in [3.63, 3.8) is 0 Å². The van der Waals surface area contributed by atoms with Gasteiger partial charge >= 0.3 is 0 Å². The maximum Gasteiger partial charge on any atom is 0.259 e. The molecule has 3 heterocycles. The number of nitrogens with zero attached hydrogens (tertiary/aromatic N) is 5. The lowest BCUT2D eigenvalue weighted by atomic mass is 10.1. The second-order valence-electron chi connectivity index (χ2n) is 7.17. The Labute approximate surface area is 188 Å². The van der Waals surface area contributed by atoms with Gasteiger partial charge in [-0.3, -0.25) is 9.78 Å². The van der Waals surface area contributed by atoms with Crippen molar-refractivity contribution in [3.8, 4) is 28.3 Å². The monoisotopic (exact) mass is 436 g/mol. The van der Waals surface area contributed by atoms with Crippen LogP contribution in [0.4, 0.5) is 10.1 Å². The van der Waals surface area contributed by atoms with Crippen molar-refractivity contribution in [2.45, 2.75) is 0 Å². The van der Waals surface area contributed by atoms with Crippen LogP contribution in [-0.4, -0.2) is 30.6 Å². The van der Waals surface area contributed by atoms with Crippen molar-refractivity contribution in [2.24, 2.45) is 0 Å². The Morgan fingerprint density at radius 3 is 2.39 bits per heavy atom. The summed E-state index contributed by atoms with van der Waals surface area (Å²) in [6, 6.07) is 19.2. The van der Waals surface area contributed by atoms with E-state index in [9.17, 15) is 9.18 Å². The zero-order valence-corrected chi connectivity index (χ0v) is 17.3. The molecule has 0 aliphatic rings. The Morgan fingerprint density at radius 2 is 1.67 bits per heavy atom. The summed E-state index contributed by atoms with van der Waals surface area (Å²) in [7, 11) is 0. The number of para-hydroxylation sites is 1.